The van der Waals surface area contributed by atoms with Crippen molar-refractivity contribution in [1.82, 2.24) is 4.90 Å². The van der Waals surface area contributed by atoms with Crippen molar-refractivity contribution >= 4 is 5.91 Å². The Hall–Kier alpha value is -1.04. The van der Waals surface area contributed by atoms with Gasteiger partial charge >= 0.3 is 0 Å². The Morgan fingerprint density at radius 1 is 1.64 bits per heavy atom. The van der Waals surface area contributed by atoms with Crippen LogP contribution in [-0.2, 0) is 4.79 Å². The first-order chi connectivity index (χ1) is 6.72. The zero-order chi connectivity index (χ0) is 10.6. The lowest BCUT2D eigenvalue weighted by atomic mass is 10.1. The summed E-state index contributed by atoms with van der Waals surface area (Å²) in [5, 5.41) is 8.78. The van der Waals surface area contributed by atoms with Crippen LogP contribution in [0.15, 0.2) is 0 Å². The molecule has 1 rings (SSSR count). The van der Waals surface area contributed by atoms with Gasteiger partial charge in [-0.1, -0.05) is 20.3 Å². The van der Waals surface area contributed by atoms with Gasteiger partial charge in [0.1, 0.15) is 5.92 Å². The molecule has 2 atom stereocenters. The van der Waals surface area contributed by atoms with Crippen molar-refractivity contribution in [2.75, 3.05) is 13.1 Å². The molecule has 0 radical (unpaired) electrons. The van der Waals surface area contributed by atoms with Crippen LogP contribution < -0.4 is 0 Å². The van der Waals surface area contributed by atoms with Gasteiger partial charge in [0, 0.05) is 13.1 Å². The fourth-order valence-electron chi connectivity index (χ4n) is 1.91. The molecule has 1 aliphatic heterocycles. The molecule has 0 saturated carbocycles. The maximum atomic E-state index is 11.8. The van der Waals surface area contributed by atoms with Crippen molar-refractivity contribution in [2.45, 2.75) is 33.1 Å². The molecule has 1 saturated heterocycles. The highest BCUT2D eigenvalue weighted by Crippen LogP contribution is 2.21. The Morgan fingerprint density at radius 2 is 2.36 bits per heavy atom. The van der Waals surface area contributed by atoms with Gasteiger partial charge in [0.25, 0.3) is 0 Å². The molecule has 0 N–H and O–H groups in total. The van der Waals surface area contributed by atoms with Crippen molar-refractivity contribution in [1.29, 1.82) is 5.26 Å². The van der Waals surface area contributed by atoms with Crippen LogP contribution in [0.4, 0.5) is 0 Å². The predicted molar refractivity (Wildman–Crippen MR) is 54.4 cm³/mol. The van der Waals surface area contributed by atoms with E-state index in [4.69, 9.17) is 5.26 Å². The van der Waals surface area contributed by atoms with E-state index in [0.717, 1.165) is 25.9 Å². The second kappa shape index (κ2) is 4.99. The van der Waals surface area contributed by atoms with E-state index in [0.29, 0.717) is 12.3 Å². The highest BCUT2D eigenvalue weighted by atomic mass is 16.2. The Kier molecular flexibility index (Phi) is 3.94. The van der Waals surface area contributed by atoms with Crippen molar-refractivity contribution in [3.63, 3.8) is 0 Å². The quantitative estimate of drug-likeness (QED) is 0.687. The normalized spacial score (nSPS) is 23.2. The summed E-state index contributed by atoms with van der Waals surface area (Å²) in [6.07, 6.45) is 2.86. The maximum absolute atomic E-state index is 11.8. The zero-order valence-corrected chi connectivity index (χ0v) is 8.99. The van der Waals surface area contributed by atoms with E-state index in [2.05, 4.69) is 13.0 Å². The van der Waals surface area contributed by atoms with Gasteiger partial charge in [0.05, 0.1) is 6.07 Å². The summed E-state index contributed by atoms with van der Waals surface area (Å²) in [5.41, 5.74) is 0. The Bertz CT molecular complexity index is 244. The number of amides is 1. The van der Waals surface area contributed by atoms with Gasteiger partial charge in [0.15, 0.2) is 0 Å². The fraction of sp³-hybridized carbons (Fsp3) is 0.818. The molecule has 1 fully saturated rings. The lowest BCUT2D eigenvalue weighted by molar-refractivity contribution is -0.132. The molecule has 78 valence electrons. The highest BCUT2D eigenvalue weighted by molar-refractivity contribution is 5.81. The van der Waals surface area contributed by atoms with E-state index in [1.54, 1.807) is 0 Å². The monoisotopic (exact) mass is 194 g/mol. The molecule has 2 unspecified atom stereocenters. The van der Waals surface area contributed by atoms with Crippen molar-refractivity contribution in [2.24, 2.45) is 11.8 Å². The lowest BCUT2D eigenvalue weighted by Crippen LogP contribution is -2.33. The number of carbonyl (C=O) groups is 1. The number of hydrogen-bond donors (Lipinski definition) is 0. The van der Waals surface area contributed by atoms with Gasteiger partial charge in [-0.05, 0) is 18.8 Å². The number of carbonyl (C=O) groups excluding carboxylic acids is 1. The molecule has 0 aromatic carbocycles. The maximum Gasteiger partial charge on any atom is 0.239 e. The first-order valence-electron chi connectivity index (χ1n) is 5.41. The van der Waals surface area contributed by atoms with E-state index in [9.17, 15) is 4.79 Å². The zero-order valence-electron chi connectivity index (χ0n) is 8.99. The average Bonchev–Trinajstić information content (AvgIpc) is 2.67. The van der Waals surface area contributed by atoms with Crippen LogP contribution in [0.25, 0.3) is 0 Å². The molecule has 0 aromatic heterocycles. The molecule has 0 spiro atoms. The summed E-state index contributed by atoms with van der Waals surface area (Å²) in [6.45, 7) is 5.74. The van der Waals surface area contributed by atoms with Gasteiger partial charge in [-0.3, -0.25) is 4.79 Å². The third kappa shape index (κ3) is 2.25. The number of nitriles is 1. The van der Waals surface area contributed by atoms with E-state index >= 15 is 0 Å². The minimum absolute atomic E-state index is 0.0333. The van der Waals surface area contributed by atoms with Crippen LogP contribution in [0.3, 0.4) is 0 Å². The second-order valence-corrected chi connectivity index (χ2v) is 3.94. The molecular weight excluding hydrogens is 176 g/mol. The topological polar surface area (TPSA) is 44.1 Å². The average molecular weight is 194 g/mol. The largest absolute Gasteiger partial charge is 0.341 e. The van der Waals surface area contributed by atoms with Crippen LogP contribution in [0, 0.1) is 23.2 Å². The molecule has 3 nitrogen and oxygen atoms in total. The number of rotatable bonds is 3. The van der Waals surface area contributed by atoms with Crippen LogP contribution in [0.5, 0.6) is 0 Å². The van der Waals surface area contributed by atoms with Crippen molar-refractivity contribution < 1.29 is 4.79 Å². The SMILES string of the molecule is CCC1CCN(C(=O)C(C#N)CC)C1. The summed E-state index contributed by atoms with van der Waals surface area (Å²) < 4.78 is 0. The van der Waals surface area contributed by atoms with Crippen molar-refractivity contribution in [3.05, 3.63) is 0 Å². The van der Waals surface area contributed by atoms with E-state index in [1.807, 2.05) is 11.8 Å². The lowest BCUT2D eigenvalue weighted by Gasteiger charge is -2.18. The molecule has 3 heteroatoms. The molecule has 1 heterocycles. The van der Waals surface area contributed by atoms with Crippen LogP contribution in [0.1, 0.15) is 33.1 Å². The van der Waals surface area contributed by atoms with Crippen LogP contribution >= 0.6 is 0 Å². The molecular formula is C11H18N2O. The number of likely N-dealkylation sites (tertiary alicyclic amines) is 1. The third-order valence-corrected chi connectivity index (χ3v) is 3.04. The Morgan fingerprint density at radius 3 is 2.79 bits per heavy atom. The van der Waals surface area contributed by atoms with E-state index in [-0.39, 0.29) is 5.91 Å². The molecule has 14 heavy (non-hydrogen) atoms. The summed E-state index contributed by atoms with van der Waals surface area (Å²) in [7, 11) is 0. The minimum atomic E-state index is -0.425. The van der Waals surface area contributed by atoms with E-state index in [1.165, 1.54) is 0 Å². The van der Waals surface area contributed by atoms with Gasteiger partial charge in [0.2, 0.25) is 5.91 Å². The third-order valence-electron chi connectivity index (χ3n) is 3.04. The standard InChI is InChI=1S/C11H18N2O/c1-3-9-5-6-13(8-9)11(14)10(4-2)7-12/h9-10H,3-6,8H2,1-2H3. The van der Waals surface area contributed by atoms with Crippen molar-refractivity contribution in [3.8, 4) is 6.07 Å². The van der Waals surface area contributed by atoms with Crippen LogP contribution in [0.2, 0.25) is 0 Å². The summed E-state index contributed by atoms with van der Waals surface area (Å²) in [5.74, 6) is 0.256. The number of nitrogens with zero attached hydrogens (tertiary/aromatic N) is 2. The molecule has 1 aliphatic rings. The Balaban J connectivity index is 2.51. The van der Waals surface area contributed by atoms with E-state index < -0.39 is 5.92 Å². The fourth-order valence-corrected chi connectivity index (χ4v) is 1.91. The molecule has 1 amide bonds. The first kappa shape index (κ1) is 11.0. The van der Waals surface area contributed by atoms with Gasteiger partial charge in [-0.2, -0.15) is 5.26 Å². The van der Waals surface area contributed by atoms with Gasteiger partial charge < -0.3 is 4.90 Å². The van der Waals surface area contributed by atoms with Crippen LogP contribution in [-0.4, -0.2) is 23.9 Å². The summed E-state index contributed by atoms with van der Waals surface area (Å²) in [4.78, 5) is 13.6. The summed E-state index contributed by atoms with van der Waals surface area (Å²) in [6, 6.07) is 2.07. The highest BCUT2D eigenvalue weighted by Gasteiger charge is 2.28. The smallest absolute Gasteiger partial charge is 0.239 e. The van der Waals surface area contributed by atoms with Gasteiger partial charge in [-0.15, -0.1) is 0 Å². The Labute approximate surface area is 85.7 Å². The van der Waals surface area contributed by atoms with Gasteiger partial charge in [-0.25, -0.2) is 0 Å². The minimum Gasteiger partial charge on any atom is -0.341 e. The molecule has 0 aliphatic carbocycles. The molecule has 0 bridgehead atoms. The number of hydrogen-bond acceptors (Lipinski definition) is 2. The molecule has 0 aromatic rings. The predicted octanol–water partition coefficient (Wildman–Crippen LogP) is 1.79. The second-order valence-electron chi connectivity index (χ2n) is 3.94. The first-order valence-corrected chi connectivity index (χ1v) is 5.41. The summed E-state index contributed by atoms with van der Waals surface area (Å²) >= 11 is 0.